The van der Waals surface area contributed by atoms with Gasteiger partial charge in [-0.15, -0.1) is 5.10 Å². The van der Waals surface area contributed by atoms with Gasteiger partial charge in [0.25, 0.3) is 0 Å². The Kier molecular flexibility index (Phi) is 3.41. The first-order chi connectivity index (χ1) is 6.19. The van der Waals surface area contributed by atoms with Crippen LogP contribution in [0.4, 0.5) is 0 Å². The van der Waals surface area contributed by atoms with Crippen molar-refractivity contribution in [2.24, 2.45) is 0 Å². The number of hydrogen-bond donors (Lipinski definition) is 0. The average Bonchev–Trinajstić information content (AvgIpc) is 2.47. The van der Waals surface area contributed by atoms with Crippen LogP contribution in [0, 0.1) is 0 Å². The molecule has 1 heterocycles. The van der Waals surface area contributed by atoms with Crippen molar-refractivity contribution in [1.82, 2.24) is 14.8 Å². The summed E-state index contributed by atoms with van der Waals surface area (Å²) >= 11 is 3.09. The van der Waals surface area contributed by atoms with Crippen molar-refractivity contribution in [3.8, 4) is 0 Å². The van der Waals surface area contributed by atoms with E-state index >= 15 is 0 Å². The quantitative estimate of drug-likeness (QED) is 0.755. The van der Waals surface area contributed by atoms with Gasteiger partial charge < -0.3 is 4.74 Å². The third-order valence-corrected chi connectivity index (χ3v) is 1.74. The molecular formula is C7H10BrN3O2. The number of rotatable bonds is 3. The molecule has 0 unspecified atom stereocenters. The second kappa shape index (κ2) is 4.36. The third kappa shape index (κ3) is 2.27. The van der Waals surface area contributed by atoms with E-state index in [1.54, 1.807) is 6.92 Å². The number of carbonyl (C=O) groups excluding carboxylic acids is 1. The Morgan fingerprint density at radius 1 is 1.62 bits per heavy atom. The summed E-state index contributed by atoms with van der Waals surface area (Å²) in [6.07, 6.45) is 0. The van der Waals surface area contributed by atoms with Crippen LogP contribution < -0.4 is 0 Å². The molecule has 0 bridgehead atoms. The summed E-state index contributed by atoms with van der Waals surface area (Å²) in [6.45, 7) is 4.56. The first-order valence-corrected chi connectivity index (χ1v) is 4.75. The van der Waals surface area contributed by atoms with Crippen molar-refractivity contribution >= 4 is 21.9 Å². The SMILES string of the molecule is CCOC(=O)c1nc(Br)nn1CC. The third-order valence-electron chi connectivity index (χ3n) is 1.40. The highest BCUT2D eigenvalue weighted by Gasteiger charge is 2.16. The van der Waals surface area contributed by atoms with Crippen LogP contribution in [0.5, 0.6) is 0 Å². The maximum Gasteiger partial charge on any atom is 0.376 e. The van der Waals surface area contributed by atoms with Gasteiger partial charge in [0.1, 0.15) is 0 Å². The van der Waals surface area contributed by atoms with E-state index in [-0.39, 0.29) is 5.82 Å². The fourth-order valence-corrected chi connectivity index (χ4v) is 1.24. The van der Waals surface area contributed by atoms with Crippen LogP contribution in [0.15, 0.2) is 4.73 Å². The molecule has 1 aromatic rings. The highest BCUT2D eigenvalue weighted by atomic mass is 79.9. The average molecular weight is 248 g/mol. The van der Waals surface area contributed by atoms with Gasteiger partial charge in [-0.05, 0) is 29.8 Å². The van der Waals surface area contributed by atoms with E-state index in [2.05, 4.69) is 26.0 Å². The molecule has 0 spiro atoms. The van der Waals surface area contributed by atoms with Crippen molar-refractivity contribution in [1.29, 1.82) is 0 Å². The van der Waals surface area contributed by atoms with E-state index in [1.165, 1.54) is 4.68 Å². The van der Waals surface area contributed by atoms with Crippen molar-refractivity contribution in [3.63, 3.8) is 0 Å². The summed E-state index contributed by atoms with van der Waals surface area (Å²) in [5.74, 6) is -0.209. The molecule has 0 radical (unpaired) electrons. The monoisotopic (exact) mass is 247 g/mol. The van der Waals surface area contributed by atoms with Gasteiger partial charge in [0, 0.05) is 6.54 Å². The van der Waals surface area contributed by atoms with Crippen molar-refractivity contribution < 1.29 is 9.53 Å². The van der Waals surface area contributed by atoms with Gasteiger partial charge in [-0.2, -0.15) is 4.98 Å². The summed E-state index contributed by atoms with van der Waals surface area (Å²) in [7, 11) is 0. The number of halogens is 1. The number of aromatic nitrogens is 3. The number of hydrogen-bond acceptors (Lipinski definition) is 4. The van der Waals surface area contributed by atoms with E-state index in [4.69, 9.17) is 4.74 Å². The second-order valence-corrected chi connectivity index (χ2v) is 2.95. The number of ether oxygens (including phenoxy) is 1. The number of carbonyl (C=O) groups is 1. The Balaban J connectivity index is 2.91. The predicted octanol–water partition coefficient (Wildman–Crippen LogP) is 1.24. The smallest absolute Gasteiger partial charge is 0.376 e. The molecular weight excluding hydrogens is 238 g/mol. The van der Waals surface area contributed by atoms with E-state index in [0.717, 1.165) is 0 Å². The van der Waals surface area contributed by atoms with E-state index in [1.807, 2.05) is 6.92 Å². The largest absolute Gasteiger partial charge is 0.460 e. The van der Waals surface area contributed by atoms with Crippen LogP contribution in [0.1, 0.15) is 24.5 Å². The molecule has 0 aromatic carbocycles. The van der Waals surface area contributed by atoms with Crippen LogP contribution in [0.25, 0.3) is 0 Å². The van der Waals surface area contributed by atoms with E-state index in [0.29, 0.717) is 17.9 Å². The standard InChI is InChI=1S/C7H10BrN3O2/c1-3-11-5(6(12)13-4-2)9-7(8)10-11/h3-4H2,1-2H3. The highest BCUT2D eigenvalue weighted by molar-refractivity contribution is 9.10. The van der Waals surface area contributed by atoms with Gasteiger partial charge >= 0.3 is 5.97 Å². The Morgan fingerprint density at radius 2 is 2.31 bits per heavy atom. The van der Waals surface area contributed by atoms with Crippen LogP contribution in [-0.2, 0) is 11.3 Å². The molecule has 6 heteroatoms. The van der Waals surface area contributed by atoms with Gasteiger partial charge in [-0.3, -0.25) is 0 Å². The fraction of sp³-hybridized carbons (Fsp3) is 0.571. The first-order valence-electron chi connectivity index (χ1n) is 3.96. The lowest BCUT2D eigenvalue weighted by Crippen LogP contribution is -2.13. The molecule has 0 saturated carbocycles. The van der Waals surface area contributed by atoms with Crippen LogP contribution in [0.2, 0.25) is 0 Å². The Morgan fingerprint density at radius 3 is 2.85 bits per heavy atom. The zero-order chi connectivity index (χ0) is 9.84. The molecule has 13 heavy (non-hydrogen) atoms. The zero-order valence-electron chi connectivity index (χ0n) is 7.45. The predicted molar refractivity (Wildman–Crippen MR) is 49.4 cm³/mol. The molecule has 0 amide bonds. The molecule has 0 atom stereocenters. The minimum absolute atomic E-state index is 0.233. The second-order valence-electron chi connectivity index (χ2n) is 2.24. The minimum Gasteiger partial charge on any atom is -0.460 e. The van der Waals surface area contributed by atoms with Gasteiger partial charge in [0.15, 0.2) is 0 Å². The normalized spacial score (nSPS) is 10.1. The molecule has 5 nitrogen and oxygen atoms in total. The molecule has 0 N–H and O–H groups in total. The van der Waals surface area contributed by atoms with Crippen molar-refractivity contribution in [2.75, 3.05) is 6.61 Å². The molecule has 0 aliphatic carbocycles. The molecule has 72 valence electrons. The zero-order valence-corrected chi connectivity index (χ0v) is 9.04. The molecule has 0 fully saturated rings. The van der Waals surface area contributed by atoms with E-state index in [9.17, 15) is 4.79 Å². The molecule has 0 saturated heterocycles. The van der Waals surface area contributed by atoms with Crippen LogP contribution >= 0.6 is 15.9 Å². The first kappa shape index (κ1) is 10.2. The molecule has 0 aliphatic heterocycles. The summed E-state index contributed by atoms with van der Waals surface area (Å²) < 4.78 is 6.69. The van der Waals surface area contributed by atoms with Gasteiger partial charge in [0.05, 0.1) is 6.61 Å². The maximum absolute atomic E-state index is 11.3. The Bertz CT molecular complexity index is 311. The maximum atomic E-state index is 11.3. The topological polar surface area (TPSA) is 57.0 Å². The van der Waals surface area contributed by atoms with Crippen molar-refractivity contribution in [2.45, 2.75) is 20.4 Å². The van der Waals surface area contributed by atoms with Gasteiger partial charge in [-0.1, -0.05) is 0 Å². The Labute approximate surface area is 84.2 Å². The van der Waals surface area contributed by atoms with Gasteiger partial charge in [0.2, 0.25) is 10.6 Å². The van der Waals surface area contributed by atoms with Gasteiger partial charge in [-0.25, -0.2) is 9.48 Å². The lowest BCUT2D eigenvalue weighted by atomic mass is 10.6. The fourth-order valence-electron chi connectivity index (χ4n) is 0.882. The molecule has 1 rings (SSSR count). The summed E-state index contributed by atoms with van der Waals surface area (Å²) in [5, 5.41) is 3.95. The summed E-state index contributed by atoms with van der Waals surface area (Å²) in [6, 6.07) is 0. The van der Waals surface area contributed by atoms with Crippen molar-refractivity contribution in [3.05, 3.63) is 10.6 Å². The number of aryl methyl sites for hydroxylation is 1. The number of esters is 1. The summed E-state index contributed by atoms with van der Waals surface area (Å²) in [5.41, 5.74) is 0. The highest BCUT2D eigenvalue weighted by Crippen LogP contribution is 2.06. The number of nitrogens with zero attached hydrogens (tertiary/aromatic N) is 3. The molecule has 1 aromatic heterocycles. The molecule has 0 aliphatic rings. The van der Waals surface area contributed by atoms with Crippen LogP contribution in [-0.4, -0.2) is 27.3 Å². The lowest BCUT2D eigenvalue weighted by Gasteiger charge is -2.00. The van der Waals surface area contributed by atoms with E-state index < -0.39 is 5.97 Å². The Hall–Kier alpha value is -0.910. The lowest BCUT2D eigenvalue weighted by molar-refractivity contribution is 0.0505. The van der Waals surface area contributed by atoms with Crippen LogP contribution in [0.3, 0.4) is 0 Å². The summed E-state index contributed by atoms with van der Waals surface area (Å²) in [4.78, 5) is 15.2. The minimum atomic E-state index is -0.442.